The molecule has 8 rings (SSSR count). The number of benzene rings is 8. The minimum atomic E-state index is -0.910. The van der Waals surface area contributed by atoms with Crippen molar-refractivity contribution in [3.8, 4) is 11.1 Å². The predicted octanol–water partition coefficient (Wildman–Crippen LogP) is 10.3. The first-order chi connectivity index (χ1) is 27.0. The fourth-order valence-corrected chi connectivity index (χ4v) is 4.50. The van der Waals surface area contributed by atoms with Gasteiger partial charge in [0.05, 0.1) is 30.2 Å². The Labute approximate surface area is 239 Å². The third kappa shape index (κ3) is 2.76. The lowest BCUT2D eigenvalue weighted by atomic mass is 9.87. The lowest BCUT2D eigenvalue weighted by Crippen LogP contribution is -1.89. The molecule has 0 aromatic heterocycles. The van der Waals surface area contributed by atoms with Crippen LogP contribution in [-0.4, -0.2) is 0 Å². The quantitative estimate of drug-likeness (QED) is 0.163. The zero-order valence-corrected chi connectivity index (χ0v) is 18.0. The van der Waals surface area contributed by atoms with E-state index < -0.39 is 209 Å². The number of hydrogen-bond acceptors (Lipinski definition) is 0. The first-order valence-electron chi connectivity index (χ1n) is 21.8. The highest BCUT2D eigenvalue weighted by Gasteiger charge is 2.15. The normalized spacial score (nSPS) is 20.4. The maximum atomic E-state index is 9.71. The highest BCUT2D eigenvalue weighted by atomic mass is 14.2. The molecule has 0 aliphatic heterocycles. The summed E-state index contributed by atoms with van der Waals surface area (Å²) in [6, 6.07) is -17.6. The first kappa shape index (κ1) is 7.91. The van der Waals surface area contributed by atoms with E-state index in [0.29, 0.717) is 0 Å². The van der Waals surface area contributed by atoms with Crippen LogP contribution in [0.3, 0.4) is 0 Å². The van der Waals surface area contributed by atoms with Crippen LogP contribution in [0.15, 0.2) is 133 Å². The van der Waals surface area contributed by atoms with E-state index in [-0.39, 0.29) is 0 Å². The van der Waals surface area contributed by atoms with Gasteiger partial charge in [0.1, 0.15) is 0 Å². The monoisotopic (exact) mass is 476 g/mol. The Kier molecular flexibility index (Phi) is 1.63. The number of hydrogen-bond donors (Lipinski definition) is 0. The molecular formula is C36H22. The highest BCUT2D eigenvalue weighted by molar-refractivity contribution is 6.23. The molecular weight excluding hydrogens is 432 g/mol. The molecule has 0 heteroatoms. The average Bonchev–Trinajstić information content (AvgIpc) is 3.19. The van der Waals surface area contributed by atoms with Crippen LogP contribution < -0.4 is 0 Å². The van der Waals surface area contributed by atoms with Gasteiger partial charge in [0.25, 0.3) is 0 Å². The van der Waals surface area contributed by atoms with Crippen molar-refractivity contribution in [2.24, 2.45) is 0 Å². The molecule has 0 bridgehead atoms. The van der Waals surface area contributed by atoms with Crippen molar-refractivity contribution in [1.29, 1.82) is 0 Å². The van der Waals surface area contributed by atoms with Crippen LogP contribution in [0, 0.1) is 0 Å². The van der Waals surface area contributed by atoms with Crippen LogP contribution in [0.25, 0.3) is 75.8 Å². The molecule has 0 aliphatic rings. The highest BCUT2D eigenvalue weighted by Crippen LogP contribution is 2.42. The summed E-state index contributed by atoms with van der Waals surface area (Å²) < 4.78 is 195. The molecule has 0 saturated carbocycles. The zero-order chi connectivity index (χ0) is 42.8. The topological polar surface area (TPSA) is 0 Å². The SMILES string of the molecule is [2H]c1c([2H])c(-c2c3c([2H])c([2H])c([2H])c([2H])c3c([2H])c3c2c([2H])c([2H])c2c([2H])c([2H])c([2H])c([2H])c23)c2c([2H])c3c(c([2H])c([2H])c4c([2H])c([2H])c([2H])c([2H])c43)c([2H])c2c1[2H]. The maximum Gasteiger partial charge on any atom is 0.0636 e. The molecule has 0 aliphatic carbocycles. The van der Waals surface area contributed by atoms with Crippen molar-refractivity contribution in [3.05, 3.63) is 133 Å². The molecule has 0 atom stereocenters. The molecule has 8 aromatic carbocycles. The average molecular weight is 477 g/mol. The van der Waals surface area contributed by atoms with Crippen LogP contribution >= 0.6 is 0 Å². The Morgan fingerprint density at radius 1 is 0.306 bits per heavy atom. The third-order valence-corrected chi connectivity index (χ3v) is 6.06. The van der Waals surface area contributed by atoms with Crippen molar-refractivity contribution in [2.75, 3.05) is 0 Å². The fourth-order valence-electron chi connectivity index (χ4n) is 4.50. The van der Waals surface area contributed by atoms with Crippen molar-refractivity contribution in [1.82, 2.24) is 0 Å². The van der Waals surface area contributed by atoms with E-state index in [2.05, 4.69) is 0 Å². The minimum Gasteiger partial charge on any atom is -0.0616 e. The first-order valence-corrected chi connectivity index (χ1v) is 10.8. The van der Waals surface area contributed by atoms with Gasteiger partial charge in [0.15, 0.2) is 0 Å². The van der Waals surface area contributed by atoms with Crippen LogP contribution in [0.4, 0.5) is 0 Å². The molecule has 36 heavy (non-hydrogen) atoms. The summed E-state index contributed by atoms with van der Waals surface area (Å²) >= 11 is 0. The summed E-state index contributed by atoms with van der Waals surface area (Å²) in [6.07, 6.45) is 0. The molecule has 0 radical (unpaired) electrons. The minimum absolute atomic E-state index is 0.462. The Morgan fingerprint density at radius 2 is 0.861 bits per heavy atom. The van der Waals surface area contributed by atoms with Crippen LogP contribution in [0.1, 0.15) is 30.2 Å². The Morgan fingerprint density at radius 3 is 1.67 bits per heavy atom. The second-order valence-corrected chi connectivity index (χ2v) is 8.00. The summed E-state index contributed by atoms with van der Waals surface area (Å²) in [7, 11) is 0. The van der Waals surface area contributed by atoms with Crippen LogP contribution in [-0.2, 0) is 0 Å². The maximum absolute atomic E-state index is 9.71. The van der Waals surface area contributed by atoms with Gasteiger partial charge in [-0.1, -0.05) is 115 Å². The molecule has 0 unspecified atom stereocenters. The largest absolute Gasteiger partial charge is 0.0636 e. The molecule has 166 valence electrons. The van der Waals surface area contributed by atoms with E-state index in [9.17, 15) is 6.85 Å². The Bertz CT molecular complexity index is 3350. The van der Waals surface area contributed by atoms with E-state index in [1.807, 2.05) is 0 Å². The Hall–Kier alpha value is -4.68. The molecule has 0 heterocycles. The number of rotatable bonds is 1. The third-order valence-electron chi connectivity index (χ3n) is 6.06. The summed E-state index contributed by atoms with van der Waals surface area (Å²) in [5.41, 5.74) is -1.22. The second-order valence-electron chi connectivity index (χ2n) is 8.00. The summed E-state index contributed by atoms with van der Waals surface area (Å²) in [6.45, 7) is 0. The lowest BCUT2D eigenvalue weighted by Gasteiger charge is -2.16. The lowest BCUT2D eigenvalue weighted by molar-refractivity contribution is 1.72. The van der Waals surface area contributed by atoms with Gasteiger partial charge in [-0.3, -0.25) is 0 Å². The summed E-state index contributed by atoms with van der Waals surface area (Å²) in [5, 5.41) is -6.29. The van der Waals surface area contributed by atoms with Crippen LogP contribution in [0.2, 0.25) is 0 Å². The molecule has 0 fully saturated rings. The van der Waals surface area contributed by atoms with E-state index in [1.165, 1.54) is 0 Å². The Balaban J connectivity index is 1.84. The van der Waals surface area contributed by atoms with Crippen molar-refractivity contribution >= 4 is 64.6 Å². The van der Waals surface area contributed by atoms with E-state index in [0.717, 1.165) is 0 Å². The summed E-state index contributed by atoms with van der Waals surface area (Å²) in [5.74, 6) is 0. The second kappa shape index (κ2) is 7.41. The van der Waals surface area contributed by atoms with Gasteiger partial charge in [0, 0.05) is 0 Å². The van der Waals surface area contributed by atoms with Crippen molar-refractivity contribution < 1.29 is 30.2 Å². The van der Waals surface area contributed by atoms with Crippen LogP contribution in [0.5, 0.6) is 0 Å². The van der Waals surface area contributed by atoms with Gasteiger partial charge in [-0.05, 0) is 93.9 Å². The molecule has 0 amide bonds. The smallest absolute Gasteiger partial charge is 0.0616 e. The number of fused-ring (bicyclic) bond motifs is 8. The predicted molar refractivity (Wildman–Crippen MR) is 157 cm³/mol. The zero-order valence-electron chi connectivity index (χ0n) is 40.0. The molecule has 0 saturated heterocycles. The summed E-state index contributed by atoms with van der Waals surface area (Å²) in [4.78, 5) is 0. The van der Waals surface area contributed by atoms with Crippen molar-refractivity contribution in [2.45, 2.75) is 0 Å². The molecule has 0 spiro atoms. The van der Waals surface area contributed by atoms with Gasteiger partial charge in [-0.15, -0.1) is 0 Å². The van der Waals surface area contributed by atoms with Gasteiger partial charge in [0.2, 0.25) is 0 Å². The van der Waals surface area contributed by atoms with Gasteiger partial charge in [-0.25, -0.2) is 0 Å². The molecule has 0 N–H and O–H groups in total. The van der Waals surface area contributed by atoms with Crippen molar-refractivity contribution in [3.63, 3.8) is 0 Å². The fraction of sp³-hybridized carbons (Fsp3) is 0. The van der Waals surface area contributed by atoms with E-state index in [4.69, 9.17) is 23.3 Å². The van der Waals surface area contributed by atoms with Gasteiger partial charge < -0.3 is 0 Å². The molecule has 8 aromatic rings. The van der Waals surface area contributed by atoms with Gasteiger partial charge >= 0.3 is 0 Å². The molecule has 0 nitrogen and oxygen atoms in total. The standard InChI is InChI=1S/C36H22/c1-4-12-28-23(8-1)16-17-27-20-25-11-7-15-31(34(25)22-33(27)28)36-30-14-6-3-10-26(30)21-35-29-13-5-2-9-24(29)18-19-32(35)36/h1-22H/i1D,2D,3D,4D,5D,6D,7D,8D,9D,10D,11D,12D,13D,14D,15D,16D,17D,18D,19D,20D,21D,22D. The van der Waals surface area contributed by atoms with Gasteiger partial charge in [-0.2, -0.15) is 0 Å². The van der Waals surface area contributed by atoms with E-state index >= 15 is 0 Å². The van der Waals surface area contributed by atoms with E-state index in [1.54, 1.807) is 0 Å².